The highest BCUT2D eigenvalue weighted by atomic mass is 16.5. The molecule has 0 amide bonds. The summed E-state index contributed by atoms with van der Waals surface area (Å²) in [6.07, 6.45) is 5.21. The highest BCUT2D eigenvalue weighted by Crippen LogP contribution is 2.42. The van der Waals surface area contributed by atoms with E-state index >= 15 is 0 Å². The van der Waals surface area contributed by atoms with Crippen molar-refractivity contribution in [3.8, 4) is 18.1 Å². The lowest BCUT2D eigenvalue weighted by Crippen LogP contribution is -2.32. The summed E-state index contributed by atoms with van der Waals surface area (Å²) >= 11 is 0. The van der Waals surface area contributed by atoms with Crippen LogP contribution in [0.15, 0.2) is 46.8 Å². The molecule has 1 unspecified atom stereocenters. The average Bonchev–Trinajstić information content (AvgIpc) is 2.65. The van der Waals surface area contributed by atoms with Crippen molar-refractivity contribution in [2.45, 2.75) is 26.7 Å². The van der Waals surface area contributed by atoms with Crippen LogP contribution < -0.4 is 10.1 Å². The van der Waals surface area contributed by atoms with E-state index in [1.807, 2.05) is 18.2 Å². The van der Waals surface area contributed by atoms with Gasteiger partial charge in [-0.3, -0.25) is 0 Å². The van der Waals surface area contributed by atoms with Crippen molar-refractivity contribution >= 4 is 11.9 Å². The number of hydrogen-bond donors (Lipinski definition) is 1. The molecule has 0 fully saturated rings. The molecule has 1 atom stereocenters. The van der Waals surface area contributed by atoms with Crippen LogP contribution in [0.3, 0.4) is 0 Å². The van der Waals surface area contributed by atoms with Gasteiger partial charge < -0.3 is 19.5 Å². The molecule has 0 saturated carbocycles. The predicted molar refractivity (Wildman–Crippen MR) is 101 cm³/mol. The second-order valence-electron chi connectivity index (χ2n) is 5.88. The van der Waals surface area contributed by atoms with Crippen molar-refractivity contribution in [2.75, 3.05) is 20.3 Å². The van der Waals surface area contributed by atoms with Crippen LogP contribution >= 0.6 is 0 Å². The second kappa shape index (κ2) is 8.95. The van der Waals surface area contributed by atoms with Crippen LogP contribution in [-0.4, -0.2) is 32.3 Å². The van der Waals surface area contributed by atoms with E-state index in [0.29, 0.717) is 33.9 Å². The number of benzene rings is 1. The van der Waals surface area contributed by atoms with Crippen molar-refractivity contribution in [2.24, 2.45) is 0 Å². The summed E-state index contributed by atoms with van der Waals surface area (Å²) in [5.74, 6) is 1.03. The molecule has 6 heteroatoms. The highest BCUT2D eigenvalue weighted by Gasteiger charge is 2.39. The van der Waals surface area contributed by atoms with Crippen LogP contribution in [0.5, 0.6) is 5.75 Å². The molecule has 1 aromatic rings. The number of hydrogen-bond acceptors (Lipinski definition) is 6. The van der Waals surface area contributed by atoms with Gasteiger partial charge >= 0.3 is 11.9 Å². The van der Waals surface area contributed by atoms with Crippen molar-refractivity contribution < 1.29 is 23.8 Å². The summed E-state index contributed by atoms with van der Waals surface area (Å²) in [5, 5.41) is 3.08. The maximum Gasteiger partial charge on any atom is 0.337 e. The first kappa shape index (κ1) is 20.1. The summed E-state index contributed by atoms with van der Waals surface area (Å²) in [4.78, 5) is 25.5. The van der Waals surface area contributed by atoms with Gasteiger partial charge in [0.2, 0.25) is 0 Å². The molecule has 1 aromatic carbocycles. The maximum absolute atomic E-state index is 12.8. The molecule has 6 nitrogen and oxygen atoms in total. The number of methoxy groups -OCH3 is 1. The Balaban J connectivity index is 2.67. The Bertz CT molecular complexity index is 844. The Morgan fingerprint density at radius 2 is 1.70 bits per heavy atom. The Hall–Kier alpha value is -3.20. The molecular formula is C21H23NO5. The summed E-state index contributed by atoms with van der Waals surface area (Å²) in [6.45, 7) is 5.30. The minimum Gasteiger partial charge on any atom is -0.496 e. The fourth-order valence-corrected chi connectivity index (χ4v) is 3.14. The second-order valence-corrected chi connectivity index (χ2v) is 5.88. The summed E-state index contributed by atoms with van der Waals surface area (Å²) in [5.41, 5.74) is 2.48. The summed E-state index contributed by atoms with van der Waals surface area (Å²) in [7, 11) is 1.54. The number of carbonyl (C=O) groups excluding carboxylic acids is 2. The van der Waals surface area contributed by atoms with Crippen LogP contribution in [-0.2, 0) is 19.1 Å². The molecule has 0 saturated heterocycles. The third-order valence-electron chi connectivity index (χ3n) is 4.21. The van der Waals surface area contributed by atoms with Crippen molar-refractivity contribution in [1.29, 1.82) is 0 Å². The SMILES string of the molecule is C#CCOC(=O)C1=C(C)NC(C)=C(C(=O)OCC)C1c1ccccc1OC. The Labute approximate surface area is 159 Å². The van der Waals surface area contributed by atoms with Gasteiger partial charge in [0.15, 0.2) is 6.61 Å². The lowest BCUT2D eigenvalue weighted by Gasteiger charge is -2.31. The summed E-state index contributed by atoms with van der Waals surface area (Å²) in [6, 6.07) is 7.22. The number of dihydropyridines is 1. The van der Waals surface area contributed by atoms with Gasteiger partial charge in [-0.25, -0.2) is 9.59 Å². The molecule has 0 aliphatic carbocycles. The van der Waals surface area contributed by atoms with Gasteiger partial charge in [0.05, 0.1) is 30.8 Å². The Morgan fingerprint density at radius 3 is 2.26 bits per heavy atom. The van der Waals surface area contributed by atoms with Crippen molar-refractivity contribution in [3.63, 3.8) is 0 Å². The van der Waals surface area contributed by atoms with E-state index in [2.05, 4.69) is 11.2 Å². The minimum atomic E-state index is -0.702. The first-order chi connectivity index (χ1) is 13.0. The maximum atomic E-state index is 12.8. The molecule has 2 rings (SSSR count). The molecule has 0 radical (unpaired) electrons. The molecule has 1 heterocycles. The molecule has 1 aliphatic rings. The number of carbonyl (C=O) groups is 2. The number of para-hydroxylation sites is 1. The van der Waals surface area contributed by atoms with E-state index in [4.69, 9.17) is 20.6 Å². The fraction of sp³-hybridized carbons (Fsp3) is 0.333. The number of ether oxygens (including phenoxy) is 3. The fourth-order valence-electron chi connectivity index (χ4n) is 3.14. The third kappa shape index (κ3) is 4.14. The minimum absolute atomic E-state index is 0.161. The Kier molecular flexibility index (Phi) is 6.67. The first-order valence-corrected chi connectivity index (χ1v) is 8.55. The van der Waals surface area contributed by atoms with Gasteiger partial charge in [0.1, 0.15) is 5.75 Å². The van der Waals surface area contributed by atoms with E-state index in [1.165, 1.54) is 7.11 Å². The summed E-state index contributed by atoms with van der Waals surface area (Å²) < 4.78 is 15.9. The van der Waals surface area contributed by atoms with Crippen LogP contribution in [0.2, 0.25) is 0 Å². The van der Waals surface area contributed by atoms with Gasteiger partial charge in [-0.1, -0.05) is 24.1 Å². The molecule has 0 spiro atoms. The number of terminal acetylenes is 1. The van der Waals surface area contributed by atoms with E-state index in [0.717, 1.165) is 0 Å². The molecule has 0 bridgehead atoms. The Morgan fingerprint density at radius 1 is 1.11 bits per heavy atom. The zero-order valence-corrected chi connectivity index (χ0v) is 15.9. The van der Waals surface area contributed by atoms with Crippen molar-refractivity contribution in [1.82, 2.24) is 5.32 Å². The van der Waals surface area contributed by atoms with Crippen molar-refractivity contribution in [3.05, 3.63) is 52.4 Å². The van der Waals surface area contributed by atoms with E-state index in [9.17, 15) is 9.59 Å². The molecule has 27 heavy (non-hydrogen) atoms. The van der Waals surface area contributed by atoms with E-state index in [1.54, 1.807) is 26.8 Å². The lowest BCUT2D eigenvalue weighted by molar-refractivity contribution is -0.139. The normalized spacial score (nSPS) is 16.3. The van der Waals surface area contributed by atoms with Crippen LogP contribution in [0, 0.1) is 12.3 Å². The van der Waals surface area contributed by atoms with Crippen LogP contribution in [0.4, 0.5) is 0 Å². The van der Waals surface area contributed by atoms with Gasteiger partial charge in [-0.05, 0) is 26.8 Å². The topological polar surface area (TPSA) is 73.9 Å². The van der Waals surface area contributed by atoms with Gasteiger partial charge in [0, 0.05) is 17.0 Å². The monoisotopic (exact) mass is 369 g/mol. The number of esters is 2. The van der Waals surface area contributed by atoms with Crippen LogP contribution in [0.1, 0.15) is 32.3 Å². The molecule has 1 N–H and O–H groups in total. The lowest BCUT2D eigenvalue weighted by atomic mass is 9.80. The van der Waals surface area contributed by atoms with E-state index < -0.39 is 17.9 Å². The van der Waals surface area contributed by atoms with Gasteiger partial charge in [-0.15, -0.1) is 6.42 Å². The first-order valence-electron chi connectivity index (χ1n) is 8.55. The van der Waals surface area contributed by atoms with E-state index in [-0.39, 0.29) is 13.2 Å². The zero-order chi connectivity index (χ0) is 20.0. The molecule has 142 valence electrons. The van der Waals surface area contributed by atoms with Gasteiger partial charge in [0.25, 0.3) is 0 Å². The smallest absolute Gasteiger partial charge is 0.337 e. The zero-order valence-electron chi connectivity index (χ0n) is 15.9. The third-order valence-corrected chi connectivity index (χ3v) is 4.21. The molecular weight excluding hydrogens is 346 g/mol. The number of allylic oxidation sites excluding steroid dienone is 2. The van der Waals surface area contributed by atoms with Crippen LogP contribution in [0.25, 0.3) is 0 Å². The average molecular weight is 369 g/mol. The quantitative estimate of drug-likeness (QED) is 0.614. The number of rotatable bonds is 6. The largest absolute Gasteiger partial charge is 0.496 e. The highest BCUT2D eigenvalue weighted by molar-refractivity contribution is 6.00. The standard InChI is InChI=1S/C21H23NO5/c1-6-12-27-21(24)18-14(4)22-13(3)17(20(23)26-7-2)19(18)15-10-8-9-11-16(15)25-5/h1,8-11,19,22H,7,12H2,2-5H3. The van der Waals surface area contributed by atoms with Gasteiger partial charge in [-0.2, -0.15) is 0 Å². The molecule has 0 aromatic heterocycles. The molecule has 1 aliphatic heterocycles. The number of nitrogens with one attached hydrogen (secondary N) is 1. The predicted octanol–water partition coefficient (Wildman–Crippen LogP) is 2.67.